The largest absolute Gasteiger partial charge is 0.495 e. The van der Waals surface area contributed by atoms with Crippen molar-refractivity contribution in [1.82, 2.24) is 0 Å². The van der Waals surface area contributed by atoms with Crippen LogP contribution < -0.4 is 4.74 Å². The lowest BCUT2D eigenvalue weighted by Crippen LogP contribution is -1.88. The molecule has 1 aromatic rings. The van der Waals surface area contributed by atoms with E-state index in [1.54, 1.807) is 7.11 Å². The third kappa shape index (κ3) is 2.97. The number of ether oxygens (including phenoxy) is 1. The van der Waals surface area contributed by atoms with Crippen LogP contribution in [0, 0.1) is 18.8 Å². The maximum Gasteiger partial charge on any atom is 0.134 e. The van der Waals surface area contributed by atoms with E-state index in [-0.39, 0.29) is 0 Å². The molecule has 0 amide bonds. The van der Waals surface area contributed by atoms with Gasteiger partial charge in [-0.1, -0.05) is 17.9 Å². The van der Waals surface area contributed by atoms with Gasteiger partial charge in [-0.05, 0) is 24.6 Å². The average Bonchev–Trinajstić information content (AvgIpc) is 2.20. The lowest BCUT2D eigenvalue weighted by Gasteiger charge is -2.03. The van der Waals surface area contributed by atoms with Gasteiger partial charge in [-0.3, -0.25) is 0 Å². The molecule has 0 unspecified atom stereocenters. The van der Waals surface area contributed by atoms with E-state index in [0.717, 1.165) is 11.3 Å². The summed E-state index contributed by atoms with van der Waals surface area (Å²) in [5.74, 6) is 7.41. The van der Waals surface area contributed by atoms with Gasteiger partial charge in [-0.15, -0.1) is 11.6 Å². The van der Waals surface area contributed by atoms with E-state index in [9.17, 15) is 0 Å². The fourth-order valence-electron chi connectivity index (χ4n) is 1.11. The molecule has 14 heavy (non-hydrogen) atoms. The zero-order valence-electron chi connectivity index (χ0n) is 8.43. The molecule has 0 fully saturated rings. The summed E-state index contributed by atoms with van der Waals surface area (Å²) < 4.78 is 5.22. The molecule has 1 nitrogen and oxygen atoms in total. The van der Waals surface area contributed by atoms with Crippen molar-refractivity contribution < 1.29 is 4.74 Å². The van der Waals surface area contributed by atoms with Crippen LogP contribution in [0.3, 0.4) is 0 Å². The minimum atomic E-state index is 0.571. The molecule has 0 radical (unpaired) electrons. The molecule has 0 saturated heterocycles. The topological polar surface area (TPSA) is 9.23 Å². The highest BCUT2D eigenvalue weighted by Crippen LogP contribution is 2.18. The molecule has 0 aromatic heterocycles. The van der Waals surface area contributed by atoms with Crippen LogP contribution in [-0.2, 0) is 0 Å². The zero-order valence-corrected chi connectivity index (χ0v) is 9.19. The Hall–Kier alpha value is -1.13. The number of halogens is 1. The summed E-state index contributed by atoms with van der Waals surface area (Å²) >= 11 is 5.53. The second kappa shape index (κ2) is 5.57. The van der Waals surface area contributed by atoms with Crippen LogP contribution in [0.4, 0.5) is 0 Å². The predicted molar refractivity (Wildman–Crippen MR) is 59.9 cm³/mol. The Kier molecular flexibility index (Phi) is 4.35. The van der Waals surface area contributed by atoms with Crippen molar-refractivity contribution in [2.75, 3.05) is 13.0 Å². The summed E-state index contributed by atoms with van der Waals surface area (Å²) in [7, 11) is 1.65. The lowest BCUT2D eigenvalue weighted by molar-refractivity contribution is 0.413. The summed E-state index contributed by atoms with van der Waals surface area (Å²) in [4.78, 5) is 0. The van der Waals surface area contributed by atoms with Gasteiger partial charge in [0.25, 0.3) is 0 Å². The number of hydrogen-bond donors (Lipinski definition) is 0. The number of hydrogen-bond acceptors (Lipinski definition) is 1. The Morgan fingerprint density at radius 1 is 1.43 bits per heavy atom. The Morgan fingerprint density at radius 2 is 2.21 bits per heavy atom. The van der Waals surface area contributed by atoms with Crippen LogP contribution in [0.15, 0.2) is 18.2 Å². The number of alkyl halides is 1. The molecule has 74 valence electrons. The molecular formula is C12H13ClO. The Morgan fingerprint density at radius 3 is 2.86 bits per heavy atom. The Bertz CT molecular complexity index is 360. The highest BCUT2D eigenvalue weighted by molar-refractivity contribution is 6.18. The fraction of sp³-hybridized carbons (Fsp3) is 0.333. The minimum Gasteiger partial charge on any atom is -0.495 e. The van der Waals surface area contributed by atoms with E-state index in [1.165, 1.54) is 5.56 Å². The van der Waals surface area contributed by atoms with E-state index in [2.05, 4.69) is 11.8 Å². The van der Waals surface area contributed by atoms with Crippen LogP contribution in [0.25, 0.3) is 0 Å². The van der Waals surface area contributed by atoms with Crippen molar-refractivity contribution in [3.8, 4) is 17.6 Å². The first-order valence-electron chi connectivity index (χ1n) is 4.47. The van der Waals surface area contributed by atoms with Gasteiger partial charge in [0, 0.05) is 12.3 Å². The lowest BCUT2D eigenvalue weighted by atomic mass is 10.1. The highest BCUT2D eigenvalue weighted by Gasteiger charge is 1.98. The van der Waals surface area contributed by atoms with Gasteiger partial charge in [0.2, 0.25) is 0 Å². The van der Waals surface area contributed by atoms with Crippen molar-refractivity contribution in [3.63, 3.8) is 0 Å². The third-order valence-corrected chi connectivity index (χ3v) is 1.99. The number of methoxy groups -OCH3 is 1. The molecular weight excluding hydrogens is 196 g/mol. The standard InChI is InChI=1S/C12H13ClO/c1-10-6-7-11(5-3-4-8-13)12(9-10)14-2/h6-7,9H,4,8H2,1-2H3. The zero-order chi connectivity index (χ0) is 10.4. The molecule has 0 aliphatic heterocycles. The van der Waals surface area contributed by atoms with Gasteiger partial charge in [0.1, 0.15) is 5.75 Å². The molecule has 1 aromatic carbocycles. The summed E-state index contributed by atoms with van der Waals surface area (Å²) in [6, 6.07) is 5.97. The van der Waals surface area contributed by atoms with Crippen molar-refractivity contribution in [3.05, 3.63) is 29.3 Å². The van der Waals surface area contributed by atoms with Crippen LogP contribution >= 0.6 is 11.6 Å². The van der Waals surface area contributed by atoms with Crippen molar-refractivity contribution in [2.24, 2.45) is 0 Å². The molecule has 0 saturated carbocycles. The summed E-state index contributed by atoms with van der Waals surface area (Å²) in [5.41, 5.74) is 2.09. The van der Waals surface area contributed by atoms with E-state index < -0.39 is 0 Å². The molecule has 2 heteroatoms. The second-order valence-electron chi connectivity index (χ2n) is 2.94. The van der Waals surface area contributed by atoms with Crippen LogP contribution in [0.2, 0.25) is 0 Å². The third-order valence-electron chi connectivity index (χ3n) is 1.80. The first kappa shape index (κ1) is 10.9. The molecule has 1 rings (SSSR count). The fourth-order valence-corrected chi connectivity index (χ4v) is 1.20. The number of benzene rings is 1. The SMILES string of the molecule is COc1cc(C)ccc1C#CCCCl. The first-order chi connectivity index (χ1) is 6.77. The van der Waals surface area contributed by atoms with Crippen molar-refractivity contribution in [1.29, 1.82) is 0 Å². The van der Waals surface area contributed by atoms with Gasteiger partial charge in [0.15, 0.2) is 0 Å². The molecule has 0 heterocycles. The van der Waals surface area contributed by atoms with Crippen LogP contribution in [0.1, 0.15) is 17.5 Å². The van der Waals surface area contributed by atoms with Gasteiger partial charge >= 0.3 is 0 Å². The minimum absolute atomic E-state index is 0.571. The maximum absolute atomic E-state index is 5.53. The van der Waals surface area contributed by atoms with Gasteiger partial charge in [-0.2, -0.15) is 0 Å². The molecule has 0 bridgehead atoms. The van der Waals surface area contributed by atoms with Crippen LogP contribution in [0.5, 0.6) is 5.75 Å². The van der Waals surface area contributed by atoms with Gasteiger partial charge < -0.3 is 4.74 Å². The van der Waals surface area contributed by atoms with Crippen molar-refractivity contribution in [2.45, 2.75) is 13.3 Å². The quantitative estimate of drug-likeness (QED) is 0.537. The molecule has 0 aliphatic carbocycles. The van der Waals surface area contributed by atoms with Gasteiger partial charge in [-0.25, -0.2) is 0 Å². The second-order valence-corrected chi connectivity index (χ2v) is 3.32. The van der Waals surface area contributed by atoms with E-state index in [0.29, 0.717) is 12.3 Å². The summed E-state index contributed by atoms with van der Waals surface area (Å²) in [5, 5.41) is 0. The predicted octanol–water partition coefficient (Wildman–Crippen LogP) is 2.98. The molecule has 0 spiro atoms. The van der Waals surface area contributed by atoms with Gasteiger partial charge in [0.05, 0.1) is 12.7 Å². The van der Waals surface area contributed by atoms with Crippen molar-refractivity contribution >= 4 is 11.6 Å². The molecule has 0 atom stereocenters. The monoisotopic (exact) mass is 208 g/mol. The summed E-state index contributed by atoms with van der Waals surface area (Å²) in [6.45, 7) is 2.03. The Labute approximate surface area is 90.0 Å². The van der Waals surface area contributed by atoms with Crippen LogP contribution in [-0.4, -0.2) is 13.0 Å². The highest BCUT2D eigenvalue weighted by atomic mass is 35.5. The van der Waals surface area contributed by atoms with E-state index in [1.807, 2.05) is 25.1 Å². The Balaban J connectivity index is 2.92. The summed E-state index contributed by atoms with van der Waals surface area (Å²) in [6.07, 6.45) is 0.707. The first-order valence-corrected chi connectivity index (χ1v) is 5.01. The molecule has 0 N–H and O–H groups in total. The normalized spacial score (nSPS) is 9.07. The van der Waals surface area contributed by atoms with E-state index >= 15 is 0 Å². The number of aryl methyl sites for hydroxylation is 1. The van der Waals surface area contributed by atoms with E-state index in [4.69, 9.17) is 16.3 Å². The number of rotatable bonds is 2. The molecule has 0 aliphatic rings. The maximum atomic E-state index is 5.53. The smallest absolute Gasteiger partial charge is 0.134 e. The average molecular weight is 209 g/mol.